The molecule has 1 aliphatic heterocycles. The van der Waals surface area contributed by atoms with E-state index in [2.05, 4.69) is 5.32 Å². The molecule has 0 saturated carbocycles. The molecule has 10 heteroatoms. The number of carbonyl (C=O) groups excluding carboxylic acids is 3. The second-order valence-electron chi connectivity index (χ2n) is 10.4. The largest absolute Gasteiger partial charge is 0.493 e. The molecule has 0 radical (unpaired) electrons. The first-order valence-corrected chi connectivity index (χ1v) is 13.2. The molecule has 0 unspecified atom stereocenters. The smallest absolute Gasteiger partial charge is 0.247 e. The normalized spacial score (nSPS) is 21.9. The van der Waals surface area contributed by atoms with Gasteiger partial charge < -0.3 is 34.6 Å². The second kappa shape index (κ2) is 13.2. The Morgan fingerprint density at radius 3 is 2.58 bits per heavy atom. The predicted molar refractivity (Wildman–Crippen MR) is 140 cm³/mol. The molecule has 38 heavy (non-hydrogen) atoms. The van der Waals surface area contributed by atoms with E-state index >= 15 is 0 Å². The Balaban J connectivity index is 2.06. The van der Waals surface area contributed by atoms with E-state index in [-0.39, 0.29) is 37.5 Å². The van der Waals surface area contributed by atoms with Crippen molar-refractivity contribution >= 4 is 18.1 Å². The van der Waals surface area contributed by atoms with Crippen LogP contribution < -0.4 is 14.8 Å². The average Bonchev–Trinajstić information content (AvgIpc) is 3.26. The molecule has 210 valence electrons. The van der Waals surface area contributed by atoms with E-state index in [0.29, 0.717) is 54.1 Å². The number of aliphatic hydroxyl groups excluding tert-OH is 2. The quantitative estimate of drug-likeness (QED) is 0.259. The van der Waals surface area contributed by atoms with Crippen LogP contribution in [0.1, 0.15) is 62.4 Å². The molecule has 3 rings (SSSR count). The Morgan fingerprint density at radius 2 is 1.97 bits per heavy atom. The van der Waals surface area contributed by atoms with Gasteiger partial charge in [0.1, 0.15) is 18.5 Å². The molecule has 0 fully saturated rings. The fraction of sp³-hybridized carbons (Fsp3) is 0.607. The van der Waals surface area contributed by atoms with E-state index in [1.54, 1.807) is 17.0 Å². The number of hydrogen-bond donors (Lipinski definition) is 3. The number of carbonyl (C=O) groups is 3. The number of methoxy groups -OCH3 is 1. The summed E-state index contributed by atoms with van der Waals surface area (Å²) < 4.78 is 17.3. The highest BCUT2D eigenvalue weighted by Gasteiger charge is 2.51. The molecule has 1 aromatic carbocycles. The first-order valence-electron chi connectivity index (χ1n) is 13.2. The topological polar surface area (TPSA) is 135 Å². The number of ether oxygens (including phenoxy) is 3. The molecule has 0 bridgehead atoms. The molecule has 2 aliphatic rings. The Kier molecular flexibility index (Phi) is 10.3. The maximum absolute atomic E-state index is 13.4. The number of benzene rings is 1. The fourth-order valence-electron chi connectivity index (χ4n) is 5.02. The minimum atomic E-state index is -1.16. The van der Waals surface area contributed by atoms with Gasteiger partial charge in [-0.25, -0.2) is 0 Å². The van der Waals surface area contributed by atoms with Crippen LogP contribution in [0.4, 0.5) is 0 Å². The van der Waals surface area contributed by atoms with E-state index in [1.807, 2.05) is 27.7 Å². The van der Waals surface area contributed by atoms with Crippen LogP contribution in [-0.2, 0) is 14.3 Å². The van der Waals surface area contributed by atoms with Crippen LogP contribution in [0.3, 0.4) is 0 Å². The summed E-state index contributed by atoms with van der Waals surface area (Å²) in [5, 5.41) is 23.6. The number of nitrogens with one attached hydrogen (secondary N) is 1. The van der Waals surface area contributed by atoms with E-state index in [4.69, 9.17) is 14.2 Å². The number of aliphatic hydroxyl groups is 2. The van der Waals surface area contributed by atoms with Crippen molar-refractivity contribution in [3.63, 3.8) is 0 Å². The molecular weight excluding hydrogens is 492 g/mol. The standard InChI is InChI=1S/C28H40N2O8/c1-16(2)11-23(33)30(8-6-10-37-17(3)4)21-14-20(28(35)29-7-9-31)24-19-12-18(15-32)13-22(36-5)26(19)38-27(24)25(21)34/h12-17,21,24-25,27,31,34H,6-11H2,1-5H3,(H,29,35)/t21-,24+,25+,27+/m1/s1. The minimum Gasteiger partial charge on any atom is -0.493 e. The van der Waals surface area contributed by atoms with Crippen LogP contribution in [0.5, 0.6) is 11.5 Å². The van der Waals surface area contributed by atoms with Gasteiger partial charge in [0.25, 0.3) is 0 Å². The maximum Gasteiger partial charge on any atom is 0.247 e. The van der Waals surface area contributed by atoms with Crippen LogP contribution in [-0.4, -0.2) is 91.0 Å². The third kappa shape index (κ3) is 6.54. The van der Waals surface area contributed by atoms with Crippen LogP contribution in [0, 0.1) is 5.92 Å². The Hall–Kier alpha value is -2.95. The third-order valence-corrected chi connectivity index (χ3v) is 6.67. The zero-order chi connectivity index (χ0) is 28.0. The predicted octanol–water partition coefficient (Wildman–Crippen LogP) is 1.82. The summed E-state index contributed by atoms with van der Waals surface area (Å²) >= 11 is 0. The molecule has 0 spiro atoms. The summed E-state index contributed by atoms with van der Waals surface area (Å²) in [5.74, 6) is -0.530. The molecule has 3 N–H and O–H groups in total. The fourth-order valence-corrected chi connectivity index (χ4v) is 5.02. The van der Waals surface area contributed by atoms with E-state index in [0.717, 1.165) is 0 Å². The van der Waals surface area contributed by atoms with Gasteiger partial charge in [0.15, 0.2) is 11.5 Å². The Bertz CT molecular complexity index is 1040. The third-order valence-electron chi connectivity index (χ3n) is 6.67. The maximum atomic E-state index is 13.4. The van der Waals surface area contributed by atoms with Gasteiger partial charge in [0.2, 0.25) is 11.8 Å². The van der Waals surface area contributed by atoms with Crippen LogP contribution in [0.25, 0.3) is 0 Å². The summed E-state index contributed by atoms with van der Waals surface area (Å²) in [7, 11) is 1.45. The van der Waals surface area contributed by atoms with Crippen molar-refractivity contribution in [2.75, 3.05) is 33.4 Å². The van der Waals surface area contributed by atoms with Crippen molar-refractivity contribution in [1.82, 2.24) is 10.2 Å². The van der Waals surface area contributed by atoms with Crippen molar-refractivity contribution < 1.29 is 38.8 Å². The highest BCUT2D eigenvalue weighted by molar-refractivity contribution is 5.96. The van der Waals surface area contributed by atoms with E-state index in [9.17, 15) is 24.6 Å². The lowest BCUT2D eigenvalue weighted by Crippen LogP contribution is -2.56. The van der Waals surface area contributed by atoms with Crippen molar-refractivity contribution in [2.24, 2.45) is 5.92 Å². The van der Waals surface area contributed by atoms with Gasteiger partial charge in [0.05, 0.1) is 31.8 Å². The summed E-state index contributed by atoms with van der Waals surface area (Å²) in [6.45, 7) is 8.33. The van der Waals surface area contributed by atoms with Crippen molar-refractivity contribution in [3.05, 3.63) is 34.9 Å². The van der Waals surface area contributed by atoms with E-state index in [1.165, 1.54) is 13.2 Å². The SMILES string of the molecule is COc1cc(C=O)cc2c1O[C@@H]1[C@@H](O)[C@H](N(CCCOC(C)C)C(=O)CC(C)C)C=C(C(=O)NCCO)[C@H]21. The Morgan fingerprint density at radius 1 is 1.24 bits per heavy atom. The number of hydrogen-bond acceptors (Lipinski definition) is 8. The minimum absolute atomic E-state index is 0.0364. The zero-order valence-electron chi connectivity index (χ0n) is 22.8. The van der Waals surface area contributed by atoms with Gasteiger partial charge in [-0.1, -0.05) is 13.8 Å². The highest BCUT2D eigenvalue weighted by Crippen LogP contribution is 2.51. The van der Waals surface area contributed by atoms with Crippen molar-refractivity contribution in [3.8, 4) is 11.5 Å². The molecule has 10 nitrogen and oxygen atoms in total. The molecule has 2 amide bonds. The first kappa shape index (κ1) is 29.6. The van der Waals surface area contributed by atoms with Gasteiger partial charge in [-0.05, 0) is 44.4 Å². The average molecular weight is 533 g/mol. The molecule has 0 aromatic heterocycles. The first-order chi connectivity index (χ1) is 18.1. The summed E-state index contributed by atoms with van der Waals surface area (Å²) in [4.78, 5) is 39.9. The molecule has 1 aromatic rings. The van der Waals surface area contributed by atoms with Gasteiger partial charge in [-0.2, -0.15) is 0 Å². The summed E-state index contributed by atoms with van der Waals surface area (Å²) in [6.07, 6.45) is 1.13. The molecule has 4 atom stereocenters. The lowest BCUT2D eigenvalue weighted by Gasteiger charge is -2.41. The summed E-state index contributed by atoms with van der Waals surface area (Å²) in [6, 6.07) is 2.33. The zero-order valence-corrected chi connectivity index (χ0v) is 22.8. The lowest BCUT2D eigenvalue weighted by molar-refractivity contribution is -0.138. The highest BCUT2D eigenvalue weighted by atomic mass is 16.5. The van der Waals surface area contributed by atoms with Crippen molar-refractivity contribution in [2.45, 2.75) is 70.8 Å². The van der Waals surface area contributed by atoms with Crippen LogP contribution in [0.2, 0.25) is 0 Å². The van der Waals surface area contributed by atoms with Crippen LogP contribution >= 0.6 is 0 Å². The molecule has 0 saturated heterocycles. The number of amides is 2. The van der Waals surface area contributed by atoms with Crippen molar-refractivity contribution in [1.29, 1.82) is 0 Å². The lowest BCUT2D eigenvalue weighted by atomic mass is 9.77. The van der Waals surface area contributed by atoms with Gasteiger partial charge >= 0.3 is 0 Å². The second-order valence-corrected chi connectivity index (χ2v) is 10.4. The number of fused-ring (bicyclic) bond motifs is 3. The molecule has 1 heterocycles. The monoisotopic (exact) mass is 532 g/mol. The number of aldehydes is 1. The molecule has 1 aliphatic carbocycles. The van der Waals surface area contributed by atoms with Gasteiger partial charge in [-0.15, -0.1) is 0 Å². The van der Waals surface area contributed by atoms with E-state index < -0.39 is 30.1 Å². The molecular formula is C28H40N2O8. The Labute approximate surface area is 223 Å². The van der Waals surface area contributed by atoms with Gasteiger partial charge in [0, 0.05) is 42.8 Å². The van der Waals surface area contributed by atoms with Gasteiger partial charge in [-0.3, -0.25) is 14.4 Å². The number of rotatable bonds is 13. The van der Waals surface area contributed by atoms with Crippen LogP contribution in [0.15, 0.2) is 23.8 Å². The number of nitrogens with zero attached hydrogens (tertiary/aromatic N) is 1. The summed E-state index contributed by atoms with van der Waals surface area (Å²) in [5.41, 5.74) is 1.18.